The van der Waals surface area contributed by atoms with Crippen LogP contribution in [0.1, 0.15) is 52.4 Å². The number of anilines is 3. The van der Waals surface area contributed by atoms with Crippen LogP contribution in [-0.4, -0.2) is 69.7 Å². The molecule has 0 aliphatic carbocycles. The number of carbonyl (C=O) groups is 2. The number of unbranched alkanes of at least 4 members (excludes halogenated alkanes) is 2. The summed E-state index contributed by atoms with van der Waals surface area (Å²) in [6, 6.07) is 21.2. The second-order valence-corrected chi connectivity index (χ2v) is 16.6. The lowest BCUT2D eigenvalue weighted by atomic mass is 9.79. The number of carbonyl (C=O) groups excluding carboxylic acids is 1. The Balaban J connectivity index is 0.000000291. The van der Waals surface area contributed by atoms with Crippen molar-refractivity contribution in [3.63, 3.8) is 0 Å². The number of nitrogens with zero attached hydrogens (tertiary/aromatic N) is 1. The third-order valence-electron chi connectivity index (χ3n) is 8.97. The fourth-order valence-corrected chi connectivity index (χ4v) is 10.2. The van der Waals surface area contributed by atoms with Gasteiger partial charge in [0.1, 0.15) is 11.2 Å². The SMILES string of the molecule is CCCCC1(CCCC)CN(c2ccccc2)c2cc(SC)c(OCC(=O)O)cc2S(=O)(=O)C1.COC1Sc2ccccc2NCC1C(N)=O. The first-order valence-electron chi connectivity index (χ1n) is 16.9. The van der Waals surface area contributed by atoms with E-state index >= 15 is 0 Å². The van der Waals surface area contributed by atoms with Gasteiger partial charge in [0.25, 0.3) is 0 Å². The predicted octanol–water partition coefficient (Wildman–Crippen LogP) is 7.44. The Morgan fingerprint density at radius 2 is 1.72 bits per heavy atom. The number of benzene rings is 3. The van der Waals surface area contributed by atoms with Crippen LogP contribution in [-0.2, 0) is 24.2 Å². The maximum atomic E-state index is 13.9. The summed E-state index contributed by atoms with van der Waals surface area (Å²) in [5.74, 6) is -1.39. The molecule has 0 aromatic heterocycles. The van der Waals surface area contributed by atoms with E-state index in [2.05, 4.69) is 24.1 Å². The number of sulfone groups is 1. The quantitative estimate of drug-likeness (QED) is 0.150. The summed E-state index contributed by atoms with van der Waals surface area (Å²) in [6.45, 7) is 4.88. The minimum Gasteiger partial charge on any atom is -0.481 e. The number of amides is 1. The molecule has 2 unspecified atom stereocenters. The monoisotopic (exact) mass is 743 g/mol. The molecule has 0 bridgehead atoms. The van der Waals surface area contributed by atoms with Crippen LogP contribution in [0.4, 0.5) is 17.1 Å². The van der Waals surface area contributed by atoms with Crippen LogP contribution in [0.5, 0.6) is 5.75 Å². The molecular weight excluding hydrogens is 695 g/mol. The average molecular weight is 744 g/mol. The number of carboxylic acid groups (broad SMARTS) is 1. The van der Waals surface area contributed by atoms with Crippen molar-refractivity contribution in [3.05, 3.63) is 66.7 Å². The Kier molecular flexibility index (Phi) is 14.3. The summed E-state index contributed by atoms with van der Waals surface area (Å²) in [4.78, 5) is 26.6. The number of thioether (sulfide) groups is 2. The highest BCUT2D eigenvalue weighted by Gasteiger charge is 2.42. The molecule has 2 atom stereocenters. The van der Waals surface area contributed by atoms with Crippen molar-refractivity contribution in [2.45, 2.75) is 72.5 Å². The van der Waals surface area contributed by atoms with E-state index in [1.54, 1.807) is 7.11 Å². The fourth-order valence-electron chi connectivity index (χ4n) is 6.40. The molecule has 3 aromatic rings. The molecule has 272 valence electrons. The zero-order valence-electron chi connectivity index (χ0n) is 29.2. The highest BCUT2D eigenvalue weighted by atomic mass is 32.2. The number of ether oxygens (including phenoxy) is 2. The molecule has 0 spiro atoms. The van der Waals surface area contributed by atoms with Gasteiger partial charge < -0.3 is 30.5 Å². The summed E-state index contributed by atoms with van der Waals surface area (Å²) < 4.78 is 38.6. The van der Waals surface area contributed by atoms with Crippen LogP contribution < -0.4 is 20.7 Å². The van der Waals surface area contributed by atoms with Gasteiger partial charge in [-0.05, 0) is 49.4 Å². The highest BCUT2D eigenvalue weighted by molar-refractivity contribution is 8.00. The van der Waals surface area contributed by atoms with E-state index in [4.69, 9.17) is 20.3 Å². The van der Waals surface area contributed by atoms with Crippen molar-refractivity contribution < 1.29 is 32.6 Å². The Hall–Kier alpha value is -3.39. The molecule has 0 saturated heterocycles. The van der Waals surface area contributed by atoms with E-state index in [1.807, 2.05) is 66.9 Å². The largest absolute Gasteiger partial charge is 0.481 e. The lowest BCUT2D eigenvalue weighted by Crippen LogP contribution is -2.38. The summed E-state index contributed by atoms with van der Waals surface area (Å²) in [5, 5.41) is 12.3. The molecule has 5 rings (SSSR count). The van der Waals surface area contributed by atoms with Crippen LogP contribution >= 0.6 is 23.5 Å². The Morgan fingerprint density at radius 3 is 2.32 bits per heavy atom. The molecule has 3 aromatic carbocycles. The van der Waals surface area contributed by atoms with E-state index < -0.39 is 22.4 Å². The van der Waals surface area contributed by atoms with Crippen molar-refractivity contribution in [2.75, 3.05) is 49.0 Å². The van der Waals surface area contributed by atoms with Gasteiger partial charge in [0, 0.05) is 48.0 Å². The van der Waals surface area contributed by atoms with Gasteiger partial charge in [-0.3, -0.25) is 4.79 Å². The summed E-state index contributed by atoms with van der Waals surface area (Å²) in [6.07, 6.45) is 7.53. The highest BCUT2D eigenvalue weighted by Crippen LogP contribution is 2.48. The fraction of sp³-hybridized carbons (Fsp3) is 0.459. The number of carboxylic acids is 1. The number of fused-ring (bicyclic) bond motifs is 2. The van der Waals surface area contributed by atoms with E-state index in [0.29, 0.717) is 29.4 Å². The van der Waals surface area contributed by atoms with E-state index in [9.17, 15) is 18.0 Å². The number of primary amides is 1. The molecule has 2 aliphatic heterocycles. The molecule has 1 amide bonds. The predicted molar refractivity (Wildman–Crippen MR) is 203 cm³/mol. The molecule has 2 aliphatic rings. The number of rotatable bonds is 13. The number of nitrogens with one attached hydrogen (secondary N) is 1. The first-order chi connectivity index (χ1) is 24.0. The minimum absolute atomic E-state index is 0.0767. The van der Waals surface area contributed by atoms with Gasteiger partial charge in [0.2, 0.25) is 5.91 Å². The van der Waals surface area contributed by atoms with Crippen LogP contribution in [0.2, 0.25) is 0 Å². The van der Waals surface area contributed by atoms with Crippen LogP contribution in [0, 0.1) is 11.3 Å². The normalized spacial score (nSPS) is 18.9. The van der Waals surface area contributed by atoms with Crippen molar-refractivity contribution in [1.29, 1.82) is 0 Å². The number of para-hydroxylation sites is 2. The first-order valence-corrected chi connectivity index (χ1v) is 20.7. The van der Waals surface area contributed by atoms with Gasteiger partial charge in [-0.25, -0.2) is 13.2 Å². The molecule has 50 heavy (non-hydrogen) atoms. The molecule has 2 heterocycles. The van der Waals surface area contributed by atoms with Crippen molar-refractivity contribution in [2.24, 2.45) is 17.1 Å². The lowest BCUT2D eigenvalue weighted by Gasteiger charge is -2.37. The van der Waals surface area contributed by atoms with Crippen LogP contribution in [0.15, 0.2) is 81.4 Å². The summed E-state index contributed by atoms with van der Waals surface area (Å²) in [5.41, 5.74) is 7.37. The van der Waals surface area contributed by atoms with Crippen LogP contribution in [0.3, 0.4) is 0 Å². The first kappa shape index (κ1) is 39.4. The van der Waals surface area contributed by atoms with Crippen molar-refractivity contribution in [3.8, 4) is 5.75 Å². The minimum atomic E-state index is -3.65. The van der Waals surface area contributed by atoms with Crippen molar-refractivity contribution in [1.82, 2.24) is 0 Å². The maximum Gasteiger partial charge on any atom is 0.341 e. The second-order valence-electron chi connectivity index (χ2n) is 12.6. The topological polar surface area (TPSA) is 148 Å². The number of methoxy groups -OCH3 is 1. The smallest absolute Gasteiger partial charge is 0.341 e. The summed E-state index contributed by atoms with van der Waals surface area (Å²) >= 11 is 2.94. The van der Waals surface area contributed by atoms with Crippen molar-refractivity contribution >= 4 is 62.3 Å². The van der Waals surface area contributed by atoms with Gasteiger partial charge >= 0.3 is 5.97 Å². The standard InChI is InChI=1S/C26H35NO5S2.C11H14N2O2S/c1-4-6-13-26(14-7-5-2)18-27(20-11-9-8-10-12-20)21-15-23(33-3)22(32-17-25(28)29)16-24(21)34(30,31)19-26;1-15-11-7(10(12)14)6-13-8-4-2-3-5-9(8)16-11/h8-12,15-16H,4-7,13-14,17-19H2,1-3H3,(H,28,29);2-5,7,11,13H,6H2,1H3,(H2,12,14). The third-order valence-corrected chi connectivity index (χ3v) is 13.1. The van der Waals surface area contributed by atoms with Gasteiger partial charge in [-0.15, -0.1) is 11.8 Å². The van der Waals surface area contributed by atoms with Gasteiger partial charge in [0.15, 0.2) is 16.4 Å². The van der Waals surface area contributed by atoms with E-state index in [-0.39, 0.29) is 33.3 Å². The third kappa shape index (κ3) is 9.89. The average Bonchev–Trinajstić information content (AvgIpc) is 3.36. The number of nitrogens with two attached hydrogens (primary N) is 1. The number of aliphatic carboxylic acids is 1. The molecule has 0 saturated carbocycles. The maximum absolute atomic E-state index is 13.9. The number of hydrogen-bond donors (Lipinski definition) is 3. The zero-order chi connectivity index (χ0) is 36.3. The zero-order valence-corrected chi connectivity index (χ0v) is 31.7. The second kappa shape index (κ2) is 18.2. The van der Waals surface area contributed by atoms with E-state index in [1.165, 1.54) is 29.6 Å². The molecule has 0 fully saturated rings. The van der Waals surface area contributed by atoms with Gasteiger partial charge in [0.05, 0.1) is 27.1 Å². The molecule has 10 nitrogen and oxygen atoms in total. The van der Waals surface area contributed by atoms with E-state index in [0.717, 1.165) is 54.8 Å². The number of hydrogen-bond acceptors (Lipinski definition) is 10. The molecule has 0 radical (unpaired) electrons. The molecule has 4 N–H and O–H groups in total. The molecular formula is C37H49N3O7S3. The molecule has 13 heteroatoms. The lowest BCUT2D eigenvalue weighted by molar-refractivity contribution is -0.139. The Bertz CT molecular complexity index is 1700. The van der Waals surface area contributed by atoms with Crippen LogP contribution in [0.25, 0.3) is 0 Å². The Labute approximate surface area is 304 Å². The van der Waals surface area contributed by atoms with Gasteiger partial charge in [-0.2, -0.15) is 0 Å². The summed E-state index contributed by atoms with van der Waals surface area (Å²) in [7, 11) is -2.05. The van der Waals surface area contributed by atoms with Gasteiger partial charge in [-0.1, -0.05) is 81.6 Å². The Morgan fingerprint density at radius 1 is 1.06 bits per heavy atom.